The van der Waals surface area contributed by atoms with Crippen LogP contribution >= 0.6 is 15.9 Å². The first-order valence-electron chi connectivity index (χ1n) is 8.68. The largest absolute Gasteiger partial charge is 0.507 e. The lowest BCUT2D eigenvalue weighted by atomic mass is 10.00. The highest BCUT2D eigenvalue weighted by Crippen LogP contribution is 2.35. The van der Waals surface area contributed by atoms with Crippen LogP contribution < -0.4 is 14.9 Å². The highest BCUT2D eigenvalue weighted by molar-refractivity contribution is 9.10. The van der Waals surface area contributed by atoms with Gasteiger partial charge in [-0.1, -0.05) is 58.4 Å². The van der Waals surface area contributed by atoms with E-state index in [9.17, 15) is 5.11 Å². The molecular formula is C22H21BrN2O3. The highest BCUT2D eigenvalue weighted by atomic mass is 79.9. The number of benzene rings is 3. The zero-order chi connectivity index (χ0) is 19.9. The van der Waals surface area contributed by atoms with E-state index >= 15 is 0 Å². The van der Waals surface area contributed by atoms with Crippen LogP contribution in [0.4, 0.5) is 0 Å². The first kappa shape index (κ1) is 19.8. The molecule has 144 valence electrons. The van der Waals surface area contributed by atoms with Gasteiger partial charge in [0.05, 0.1) is 26.3 Å². The highest BCUT2D eigenvalue weighted by Gasteiger charge is 2.19. The summed E-state index contributed by atoms with van der Waals surface area (Å²) in [5, 5.41) is 15.2. The minimum Gasteiger partial charge on any atom is -0.507 e. The van der Waals surface area contributed by atoms with Crippen molar-refractivity contribution in [1.82, 2.24) is 5.43 Å². The topological polar surface area (TPSA) is 63.1 Å². The van der Waals surface area contributed by atoms with E-state index < -0.39 is 0 Å². The van der Waals surface area contributed by atoms with Gasteiger partial charge in [0.15, 0.2) is 0 Å². The number of aromatic hydroxyl groups is 1. The molecule has 3 aromatic rings. The summed E-state index contributed by atoms with van der Waals surface area (Å²) in [7, 11) is 3.09. The number of hydrazone groups is 1. The number of phenols is 1. The zero-order valence-electron chi connectivity index (χ0n) is 15.6. The number of hydrogen-bond donors (Lipinski definition) is 2. The Hall–Kier alpha value is -2.99. The third-order valence-corrected chi connectivity index (χ3v) is 4.71. The first-order chi connectivity index (χ1) is 13.6. The van der Waals surface area contributed by atoms with E-state index in [-0.39, 0.29) is 5.75 Å². The lowest BCUT2D eigenvalue weighted by molar-refractivity contribution is 0.384. The van der Waals surface area contributed by atoms with Gasteiger partial charge >= 0.3 is 0 Å². The zero-order valence-corrected chi connectivity index (χ0v) is 17.2. The van der Waals surface area contributed by atoms with Crippen molar-refractivity contribution in [3.8, 4) is 17.2 Å². The molecule has 6 heteroatoms. The summed E-state index contributed by atoms with van der Waals surface area (Å²) in [6.07, 6.45) is 0. The van der Waals surface area contributed by atoms with Crippen molar-refractivity contribution >= 4 is 21.6 Å². The summed E-state index contributed by atoms with van der Waals surface area (Å²) in [4.78, 5) is 0. The Bertz CT molecular complexity index is 958. The summed E-state index contributed by atoms with van der Waals surface area (Å²) >= 11 is 3.45. The van der Waals surface area contributed by atoms with Gasteiger partial charge in [0.2, 0.25) is 0 Å². The van der Waals surface area contributed by atoms with E-state index in [0.717, 1.165) is 15.6 Å². The number of hydrogen-bond acceptors (Lipinski definition) is 5. The maximum atomic E-state index is 10.7. The minimum atomic E-state index is 0.0272. The molecule has 0 fully saturated rings. The smallest absolute Gasteiger partial charge is 0.135 e. The Morgan fingerprint density at radius 3 is 2.36 bits per heavy atom. The molecule has 0 radical (unpaired) electrons. The molecule has 0 saturated carbocycles. The number of halogens is 1. The van der Waals surface area contributed by atoms with Gasteiger partial charge in [0, 0.05) is 22.2 Å². The molecule has 0 bridgehead atoms. The summed E-state index contributed by atoms with van der Waals surface area (Å²) in [5.74, 6) is 1.00. The molecule has 0 unspecified atom stereocenters. The predicted octanol–water partition coefficient (Wildman–Crippen LogP) is 4.71. The Balaban J connectivity index is 2.04. The summed E-state index contributed by atoms with van der Waals surface area (Å²) in [6, 6.07) is 20.9. The van der Waals surface area contributed by atoms with Crippen LogP contribution in [0, 0.1) is 0 Å². The molecule has 2 N–H and O–H groups in total. The van der Waals surface area contributed by atoms with Crippen LogP contribution in [0.25, 0.3) is 0 Å². The fraction of sp³-hybridized carbons (Fsp3) is 0.136. The molecule has 3 rings (SSSR count). The molecule has 0 saturated heterocycles. The van der Waals surface area contributed by atoms with Gasteiger partial charge in [0.25, 0.3) is 0 Å². The molecule has 0 aliphatic rings. The van der Waals surface area contributed by atoms with Gasteiger partial charge in [-0.3, -0.25) is 0 Å². The van der Waals surface area contributed by atoms with Crippen LogP contribution in [-0.2, 0) is 6.54 Å². The van der Waals surface area contributed by atoms with Crippen LogP contribution in [0.2, 0.25) is 0 Å². The molecule has 3 aromatic carbocycles. The maximum Gasteiger partial charge on any atom is 0.135 e. The third kappa shape index (κ3) is 4.64. The molecule has 0 aliphatic heterocycles. The Labute approximate surface area is 172 Å². The third-order valence-electron chi connectivity index (χ3n) is 4.18. The average molecular weight is 441 g/mol. The number of methoxy groups -OCH3 is 2. The SMILES string of the molecule is COc1cc(O)c(/C(=N\NCc2ccccc2)c2ccc(Br)cc2)c(OC)c1. The fourth-order valence-electron chi connectivity index (χ4n) is 2.77. The quantitative estimate of drug-likeness (QED) is 0.412. The van der Waals surface area contributed by atoms with Crippen LogP contribution in [-0.4, -0.2) is 25.0 Å². The summed E-state index contributed by atoms with van der Waals surface area (Å²) in [6.45, 7) is 0.556. The molecule has 0 spiro atoms. The number of rotatable bonds is 7. The normalized spacial score (nSPS) is 11.2. The van der Waals surface area contributed by atoms with Crippen molar-refractivity contribution in [2.24, 2.45) is 5.10 Å². The molecule has 28 heavy (non-hydrogen) atoms. The van der Waals surface area contributed by atoms with Crippen LogP contribution in [0.15, 0.2) is 76.3 Å². The predicted molar refractivity (Wildman–Crippen MR) is 114 cm³/mol. The van der Waals surface area contributed by atoms with Gasteiger partial charge in [-0.25, -0.2) is 0 Å². The fourth-order valence-corrected chi connectivity index (χ4v) is 3.04. The molecular weight excluding hydrogens is 420 g/mol. The van der Waals surface area contributed by atoms with E-state index in [1.54, 1.807) is 26.4 Å². The van der Waals surface area contributed by atoms with E-state index in [4.69, 9.17) is 9.47 Å². The monoisotopic (exact) mass is 440 g/mol. The second-order valence-corrected chi connectivity index (χ2v) is 6.93. The second kappa shape index (κ2) is 9.28. The molecule has 0 heterocycles. The van der Waals surface area contributed by atoms with Gasteiger partial charge in [-0.05, 0) is 17.7 Å². The van der Waals surface area contributed by atoms with E-state index in [1.807, 2.05) is 54.6 Å². The number of phenolic OH excluding ortho intramolecular Hbond substituents is 1. The molecule has 0 aromatic heterocycles. The number of nitrogens with one attached hydrogen (secondary N) is 1. The van der Waals surface area contributed by atoms with Crippen molar-refractivity contribution in [1.29, 1.82) is 0 Å². The van der Waals surface area contributed by atoms with Crippen LogP contribution in [0.3, 0.4) is 0 Å². The maximum absolute atomic E-state index is 10.7. The van der Waals surface area contributed by atoms with Crippen molar-refractivity contribution in [2.45, 2.75) is 6.54 Å². The van der Waals surface area contributed by atoms with Gasteiger partial charge in [0.1, 0.15) is 23.0 Å². The van der Waals surface area contributed by atoms with Crippen molar-refractivity contribution < 1.29 is 14.6 Å². The lowest BCUT2D eigenvalue weighted by Gasteiger charge is -2.15. The minimum absolute atomic E-state index is 0.0272. The van der Waals surface area contributed by atoms with Crippen LogP contribution in [0.1, 0.15) is 16.7 Å². The Morgan fingerprint density at radius 2 is 1.71 bits per heavy atom. The van der Waals surface area contributed by atoms with Gasteiger partial charge < -0.3 is 20.0 Å². The van der Waals surface area contributed by atoms with Gasteiger partial charge in [-0.2, -0.15) is 5.10 Å². The Kier molecular flexibility index (Phi) is 6.55. The molecule has 0 amide bonds. The summed E-state index contributed by atoms with van der Waals surface area (Å²) in [5.41, 5.74) is 6.10. The van der Waals surface area contributed by atoms with Crippen molar-refractivity contribution in [3.05, 3.63) is 87.9 Å². The van der Waals surface area contributed by atoms with Gasteiger partial charge in [-0.15, -0.1) is 0 Å². The second-order valence-electron chi connectivity index (χ2n) is 6.01. The Morgan fingerprint density at radius 1 is 1.00 bits per heavy atom. The molecule has 5 nitrogen and oxygen atoms in total. The number of nitrogens with zero attached hydrogens (tertiary/aromatic N) is 1. The van der Waals surface area contributed by atoms with E-state index in [0.29, 0.717) is 29.3 Å². The molecule has 0 aliphatic carbocycles. The first-order valence-corrected chi connectivity index (χ1v) is 9.47. The number of ether oxygens (including phenoxy) is 2. The van der Waals surface area contributed by atoms with E-state index in [1.165, 1.54) is 0 Å². The standard InChI is InChI=1S/C22H21BrN2O3/c1-27-18-12-19(26)21(20(13-18)28-2)22(16-8-10-17(23)11-9-16)25-24-14-15-6-4-3-5-7-15/h3-13,24,26H,14H2,1-2H3/b25-22-. The lowest BCUT2D eigenvalue weighted by Crippen LogP contribution is -2.14. The average Bonchev–Trinajstić information content (AvgIpc) is 2.72. The molecule has 0 atom stereocenters. The summed E-state index contributed by atoms with van der Waals surface area (Å²) < 4.78 is 11.7. The van der Waals surface area contributed by atoms with Crippen molar-refractivity contribution in [3.63, 3.8) is 0 Å². The van der Waals surface area contributed by atoms with E-state index in [2.05, 4.69) is 26.5 Å². The van der Waals surface area contributed by atoms with Crippen LogP contribution in [0.5, 0.6) is 17.2 Å². The van der Waals surface area contributed by atoms with Crippen molar-refractivity contribution in [2.75, 3.05) is 14.2 Å².